The Labute approximate surface area is 221 Å². The molecule has 37 heavy (non-hydrogen) atoms. The van der Waals surface area contributed by atoms with Crippen LogP contribution in [0.4, 0.5) is 10.5 Å². The number of urea groups is 1. The van der Waals surface area contributed by atoms with Crippen LogP contribution in [0.25, 0.3) is 5.00 Å². The number of nitrogens with one attached hydrogen (secondary N) is 1. The Kier molecular flexibility index (Phi) is 6.16. The molecule has 2 aliphatic rings. The van der Waals surface area contributed by atoms with Gasteiger partial charge in [0.05, 0.1) is 38.2 Å². The van der Waals surface area contributed by atoms with Crippen molar-refractivity contribution in [1.82, 2.24) is 9.47 Å². The fourth-order valence-electron chi connectivity index (χ4n) is 5.63. The molecule has 1 atom stereocenters. The zero-order chi connectivity index (χ0) is 25.5. The van der Waals surface area contributed by atoms with Crippen molar-refractivity contribution in [2.45, 2.75) is 45.2 Å². The van der Waals surface area contributed by atoms with Crippen LogP contribution < -0.4 is 14.8 Å². The summed E-state index contributed by atoms with van der Waals surface area (Å²) in [6.45, 7) is 2.55. The molecule has 2 aromatic carbocycles. The Morgan fingerprint density at radius 2 is 1.81 bits per heavy atom. The Morgan fingerprint density at radius 1 is 1.00 bits per heavy atom. The van der Waals surface area contributed by atoms with Crippen molar-refractivity contribution in [3.8, 4) is 16.5 Å². The molecular weight excluding hydrogens is 482 g/mol. The highest BCUT2D eigenvalue weighted by Gasteiger charge is 2.36. The zero-order valence-corrected chi connectivity index (χ0v) is 22.2. The van der Waals surface area contributed by atoms with Gasteiger partial charge in [0, 0.05) is 16.6 Å². The van der Waals surface area contributed by atoms with Crippen molar-refractivity contribution >= 4 is 23.1 Å². The van der Waals surface area contributed by atoms with Gasteiger partial charge in [-0.1, -0.05) is 18.2 Å². The molecule has 6 rings (SSSR count). The summed E-state index contributed by atoms with van der Waals surface area (Å²) in [5.74, 6) is 1.44. The number of ether oxygens (including phenoxy) is 2. The van der Waals surface area contributed by atoms with Gasteiger partial charge in [-0.3, -0.25) is 0 Å². The quantitative estimate of drug-likeness (QED) is 0.324. The van der Waals surface area contributed by atoms with E-state index >= 15 is 0 Å². The van der Waals surface area contributed by atoms with E-state index in [0.29, 0.717) is 18.0 Å². The maximum Gasteiger partial charge on any atom is 0.323 e. The van der Waals surface area contributed by atoms with Crippen LogP contribution in [0, 0.1) is 6.92 Å². The van der Waals surface area contributed by atoms with Crippen molar-refractivity contribution < 1.29 is 14.3 Å². The average Bonchev–Trinajstić information content (AvgIpc) is 3.51. The van der Waals surface area contributed by atoms with E-state index in [1.165, 1.54) is 33.8 Å². The topological polar surface area (TPSA) is 55.7 Å². The molecule has 6 nitrogen and oxygen atoms in total. The molecule has 3 heterocycles. The number of methoxy groups -OCH3 is 2. The molecule has 0 spiro atoms. The molecule has 0 radical (unpaired) electrons. The van der Waals surface area contributed by atoms with Gasteiger partial charge in [-0.2, -0.15) is 0 Å². The summed E-state index contributed by atoms with van der Waals surface area (Å²) in [6, 6.07) is 17.7. The standard InChI is InChI=1S/C30H31N3O3S/c1-19-10-15-26(36-3)24(17-19)31-30(34)33-18-23-22-7-4-5-9-27(22)37-29(23)32-16-6-8-25(32)28(33)20-11-13-21(35-2)14-12-20/h6,8,10-17,28H,4-5,7,9,18H2,1-3H3,(H,31,34). The lowest BCUT2D eigenvalue weighted by atomic mass is 9.95. The third-order valence-corrected chi connectivity index (χ3v) is 8.80. The number of carbonyl (C=O) groups excluding carboxylic acids is 1. The number of thiophene rings is 1. The number of amides is 2. The monoisotopic (exact) mass is 513 g/mol. The average molecular weight is 514 g/mol. The van der Waals surface area contributed by atoms with Gasteiger partial charge in [-0.05, 0) is 85.7 Å². The predicted molar refractivity (Wildman–Crippen MR) is 147 cm³/mol. The number of fused-ring (bicyclic) bond motifs is 5. The van der Waals surface area contributed by atoms with Crippen molar-refractivity contribution in [2.24, 2.45) is 0 Å². The minimum absolute atomic E-state index is 0.152. The molecule has 190 valence electrons. The smallest absolute Gasteiger partial charge is 0.323 e. The Balaban J connectivity index is 1.49. The highest BCUT2D eigenvalue weighted by molar-refractivity contribution is 7.15. The van der Waals surface area contributed by atoms with Gasteiger partial charge in [0.15, 0.2) is 0 Å². The first-order valence-electron chi connectivity index (χ1n) is 12.7. The number of hydrogen-bond acceptors (Lipinski definition) is 4. The van der Waals surface area contributed by atoms with Crippen LogP contribution >= 0.6 is 11.3 Å². The molecule has 2 aromatic heterocycles. The fraction of sp³-hybridized carbons (Fsp3) is 0.300. The summed E-state index contributed by atoms with van der Waals surface area (Å²) in [5, 5.41) is 4.42. The Bertz CT molecular complexity index is 1450. The molecule has 1 aliphatic heterocycles. The van der Waals surface area contributed by atoms with E-state index in [-0.39, 0.29) is 12.1 Å². The summed E-state index contributed by atoms with van der Waals surface area (Å²) in [7, 11) is 3.30. The molecule has 0 fully saturated rings. The molecule has 1 N–H and O–H groups in total. The van der Waals surface area contributed by atoms with Gasteiger partial charge in [-0.25, -0.2) is 4.79 Å². The summed E-state index contributed by atoms with van der Waals surface area (Å²) >= 11 is 1.89. The van der Waals surface area contributed by atoms with Gasteiger partial charge >= 0.3 is 6.03 Å². The van der Waals surface area contributed by atoms with E-state index in [2.05, 4.69) is 40.3 Å². The highest BCUT2D eigenvalue weighted by atomic mass is 32.1. The van der Waals surface area contributed by atoms with Crippen LogP contribution in [-0.2, 0) is 19.4 Å². The lowest BCUT2D eigenvalue weighted by molar-refractivity contribution is 0.194. The zero-order valence-electron chi connectivity index (χ0n) is 21.4. The largest absolute Gasteiger partial charge is 0.497 e. The van der Waals surface area contributed by atoms with Gasteiger partial charge in [0.2, 0.25) is 0 Å². The number of anilines is 1. The van der Waals surface area contributed by atoms with E-state index in [4.69, 9.17) is 9.47 Å². The highest BCUT2D eigenvalue weighted by Crippen LogP contribution is 2.44. The second kappa shape index (κ2) is 9.63. The van der Waals surface area contributed by atoms with Crippen molar-refractivity contribution in [2.75, 3.05) is 19.5 Å². The first-order chi connectivity index (χ1) is 18.1. The lowest BCUT2D eigenvalue weighted by Crippen LogP contribution is -2.38. The van der Waals surface area contributed by atoms with E-state index in [1.807, 2.05) is 53.5 Å². The molecule has 0 bridgehead atoms. The molecule has 4 aromatic rings. The molecule has 1 aliphatic carbocycles. The molecule has 2 amide bonds. The van der Waals surface area contributed by atoms with E-state index in [0.717, 1.165) is 35.4 Å². The van der Waals surface area contributed by atoms with Gasteiger partial charge in [-0.15, -0.1) is 11.3 Å². The first-order valence-corrected chi connectivity index (χ1v) is 13.6. The molecule has 7 heteroatoms. The number of aryl methyl sites for hydroxylation is 2. The van der Waals surface area contributed by atoms with Gasteiger partial charge < -0.3 is 24.3 Å². The number of nitrogens with zero attached hydrogens (tertiary/aromatic N) is 2. The van der Waals surface area contributed by atoms with Crippen molar-refractivity contribution in [1.29, 1.82) is 0 Å². The first kappa shape index (κ1) is 23.7. The minimum Gasteiger partial charge on any atom is -0.497 e. The van der Waals surface area contributed by atoms with Crippen LogP contribution in [0.3, 0.4) is 0 Å². The molecular formula is C30H31N3O3S. The van der Waals surface area contributed by atoms with Crippen LogP contribution in [-0.4, -0.2) is 29.7 Å². The third kappa shape index (κ3) is 4.17. The van der Waals surface area contributed by atoms with E-state index in [1.54, 1.807) is 14.2 Å². The molecule has 0 saturated heterocycles. The number of aromatic nitrogens is 1. The van der Waals surface area contributed by atoms with Crippen LogP contribution in [0.1, 0.15) is 51.7 Å². The molecule has 0 saturated carbocycles. The number of rotatable bonds is 4. The van der Waals surface area contributed by atoms with Crippen molar-refractivity contribution in [3.63, 3.8) is 0 Å². The minimum atomic E-state index is -0.268. The Morgan fingerprint density at radius 3 is 2.59 bits per heavy atom. The summed E-state index contributed by atoms with van der Waals surface area (Å²) in [5.41, 5.74) is 6.56. The molecule has 1 unspecified atom stereocenters. The summed E-state index contributed by atoms with van der Waals surface area (Å²) in [6.07, 6.45) is 6.77. The fourth-order valence-corrected chi connectivity index (χ4v) is 7.03. The number of hydrogen-bond donors (Lipinski definition) is 1. The van der Waals surface area contributed by atoms with E-state index in [9.17, 15) is 4.79 Å². The summed E-state index contributed by atoms with van der Waals surface area (Å²) < 4.78 is 13.3. The second-order valence-electron chi connectivity index (χ2n) is 9.74. The summed E-state index contributed by atoms with van der Waals surface area (Å²) in [4.78, 5) is 17.6. The second-order valence-corrected chi connectivity index (χ2v) is 10.8. The van der Waals surface area contributed by atoms with Gasteiger partial charge in [0.25, 0.3) is 0 Å². The number of carbonyl (C=O) groups is 1. The van der Waals surface area contributed by atoms with Crippen LogP contribution in [0.5, 0.6) is 11.5 Å². The van der Waals surface area contributed by atoms with Gasteiger partial charge in [0.1, 0.15) is 16.5 Å². The van der Waals surface area contributed by atoms with Crippen molar-refractivity contribution in [3.05, 3.63) is 93.6 Å². The van der Waals surface area contributed by atoms with Crippen LogP contribution in [0.15, 0.2) is 60.8 Å². The third-order valence-electron chi connectivity index (χ3n) is 7.47. The Hall–Kier alpha value is -3.71. The maximum absolute atomic E-state index is 14.2. The number of benzene rings is 2. The SMILES string of the molecule is COc1ccc(C2c3cccn3-c3sc4c(c3CN2C(=O)Nc2cc(C)ccc2OC)CCCC4)cc1. The normalized spacial score (nSPS) is 16.3. The van der Waals surface area contributed by atoms with E-state index < -0.39 is 0 Å². The van der Waals surface area contributed by atoms with Crippen LogP contribution in [0.2, 0.25) is 0 Å². The lowest BCUT2D eigenvalue weighted by Gasteiger charge is -2.31. The maximum atomic E-state index is 14.2. The predicted octanol–water partition coefficient (Wildman–Crippen LogP) is 6.88.